The standard InChI is InChI=1S/C18H17F2N5OS/c1-10-5-3-4-6-13(10)16-23-24-18(25(16)21)27-11(2)17(26)22-15-8-7-12(19)9-14(15)20/h3-9,11H,21H2,1-2H3,(H,22,26)/t11-/m0/s1. The van der Waals surface area contributed by atoms with E-state index in [9.17, 15) is 13.6 Å². The molecule has 0 radical (unpaired) electrons. The zero-order valence-corrected chi connectivity index (χ0v) is 15.4. The van der Waals surface area contributed by atoms with Crippen LogP contribution >= 0.6 is 11.8 Å². The molecule has 0 aliphatic heterocycles. The third kappa shape index (κ3) is 4.08. The maximum Gasteiger partial charge on any atom is 0.237 e. The Labute approximate surface area is 158 Å². The van der Waals surface area contributed by atoms with E-state index in [1.807, 2.05) is 31.2 Å². The number of hydrogen-bond acceptors (Lipinski definition) is 5. The molecule has 1 heterocycles. The number of nitrogens with one attached hydrogen (secondary N) is 1. The SMILES string of the molecule is Cc1ccccc1-c1nnc(S[C@@H](C)C(=O)Nc2ccc(F)cc2F)n1N. The van der Waals surface area contributed by atoms with Gasteiger partial charge in [0.2, 0.25) is 11.1 Å². The van der Waals surface area contributed by atoms with Crippen LogP contribution in [-0.4, -0.2) is 26.0 Å². The highest BCUT2D eigenvalue weighted by Crippen LogP contribution is 2.27. The molecule has 1 aromatic heterocycles. The quantitative estimate of drug-likeness (QED) is 0.516. The van der Waals surface area contributed by atoms with E-state index in [1.54, 1.807) is 6.92 Å². The molecule has 6 nitrogen and oxygen atoms in total. The molecule has 0 aliphatic carbocycles. The van der Waals surface area contributed by atoms with Crippen molar-refractivity contribution in [1.82, 2.24) is 14.9 Å². The van der Waals surface area contributed by atoms with Crippen LogP contribution in [0.25, 0.3) is 11.4 Å². The number of carbonyl (C=O) groups excluding carboxylic acids is 1. The van der Waals surface area contributed by atoms with Gasteiger partial charge in [-0.3, -0.25) is 4.79 Å². The number of thioether (sulfide) groups is 1. The van der Waals surface area contributed by atoms with Crippen molar-refractivity contribution in [2.45, 2.75) is 24.3 Å². The second-order valence-corrected chi connectivity index (χ2v) is 7.17. The molecular formula is C18H17F2N5OS. The van der Waals surface area contributed by atoms with Crippen LogP contribution in [0, 0.1) is 18.6 Å². The number of nitrogens with two attached hydrogens (primary N) is 1. The molecule has 0 aliphatic rings. The summed E-state index contributed by atoms with van der Waals surface area (Å²) in [4.78, 5) is 12.3. The molecule has 0 saturated carbocycles. The summed E-state index contributed by atoms with van der Waals surface area (Å²) < 4.78 is 28.0. The summed E-state index contributed by atoms with van der Waals surface area (Å²) in [6.07, 6.45) is 0. The van der Waals surface area contributed by atoms with Crippen LogP contribution in [0.1, 0.15) is 12.5 Å². The number of hydrogen-bond donors (Lipinski definition) is 2. The lowest BCUT2D eigenvalue weighted by atomic mass is 10.1. The topological polar surface area (TPSA) is 85.8 Å². The third-order valence-electron chi connectivity index (χ3n) is 3.89. The van der Waals surface area contributed by atoms with Gasteiger partial charge >= 0.3 is 0 Å². The lowest BCUT2D eigenvalue weighted by Gasteiger charge is -2.12. The number of nitrogen functional groups attached to an aromatic ring is 1. The second kappa shape index (κ2) is 7.75. The highest BCUT2D eigenvalue weighted by molar-refractivity contribution is 8.00. The van der Waals surface area contributed by atoms with Gasteiger partial charge in [-0.05, 0) is 31.5 Å². The summed E-state index contributed by atoms with van der Waals surface area (Å²) in [6.45, 7) is 3.56. The molecule has 27 heavy (non-hydrogen) atoms. The maximum atomic E-state index is 13.7. The van der Waals surface area contributed by atoms with Gasteiger partial charge in [0.15, 0.2) is 5.82 Å². The fourth-order valence-corrected chi connectivity index (χ4v) is 3.17. The monoisotopic (exact) mass is 389 g/mol. The van der Waals surface area contributed by atoms with Crippen LogP contribution in [0.4, 0.5) is 14.5 Å². The summed E-state index contributed by atoms with van der Waals surface area (Å²) in [6, 6.07) is 10.5. The smallest absolute Gasteiger partial charge is 0.237 e. The van der Waals surface area contributed by atoms with Crippen LogP contribution in [0.3, 0.4) is 0 Å². The molecule has 1 amide bonds. The molecule has 0 spiro atoms. The Kier molecular flexibility index (Phi) is 5.41. The number of rotatable bonds is 5. The molecular weight excluding hydrogens is 372 g/mol. The first-order valence-electron chi connectivity index (χ1n) is 8.06. The van der Waals surface area contributed by atoms with Crippen molar-refractivity contribution in [3.05, 3.63) is 59.7 Å². The first kappa shape index (κ1) is 18.8. The van der Waals surface area contributed by atoms with Crippen molar-refractivity contribution >= 4 is 23.4 Å². The number of benzene rings is 2. The highest BCUT2D eigenvalue weighted by atomic mass is 32.2. The van der Waals surface area contributed by atoms with Crippen LogP contribution in [0.2, 0.25) is 0 Å². The van der Waals surface area contributed by atoms with E-state index in [0.29, 0.717) is 17.0 Å². The van der Waals surface area contributed by atoms with Crippen molar-refractivity contribution < 1.29 is 13.6 Å². The minimum absolute atomic E-state index is 0.0938. The molecule has 0 fully saturated rings. The van der Waals surface area contributed by atoms with Crippen LogP contribution in [0.5, 0.6) is 0 Å². The molecule has 0 saturated heterocycles. The number of anilines is 1. The van der Waals surface area contributed by atoms with Gasteiger partial charge in [-0.2, -0.15) is 0 Å². The van der Waals surface area contributed by atoms with E-state index in [2.05, 4.69) is 15.5 Å². The largest absolute Gasteiger partial charge is 0.335 e. The van der Waals surface area contributed by atoms with Gasteiger partial charge in [0, 0.05) is 11.6 Å². The minimum atomic E-state index is -0.843. The fraction of sp³-hybridized carbons (Fsp3) is 0.167. The van der Waals surface area contributed by atoms with E-state index < -0.39 is 22.8 Å². The van der Waals surface area contributed by atoms with Gasteiger partial charge < -0.3 is 11.2 Å². The summed E-state index contributed by atoms with van der Waals surface area (Å²) in [5.74, 6) is 4.54. The van der Waals surface area contributed by atoms with Crippen LogP contribution in [-0.2, 0) is 4.79 Å². The third-order valence-corrected chi connectivity index (χ3v) is 4.95. The summed E-state index contributed by atoms with van der Waals surface area (Å²) in [5.41, 5.74) is 1.74. The number of aryl methyl sites for hydroxylation is 1. The average Bonchev–Trinajstić information content (AvgIpc) is 2.98. The zero-order chi connectivity index (χ0) is 19.6. The second-order valence-electron chi connectivity index (χ2n) is 5.86. The Bertz CT molecular complexity index is 992. The first-order valence-corrected chi connectivity index (χ1v) is 8.94. The van der Waals surface area contributed by atoms with Gasteiger partial charge in [-0.1, -0.05) is 36.0 Å². The maximum absolute atomic E-state index is 13.7. The van der Waals surface area contributed by atoms with Crippen molar-refractivity contribution in [3.63, 3.8) is 0 Å². The molecule has 3 N–H and O–H groups in total. The van der Waals surface area contributed by atoms with E-state index in [-0.39, 0.29) is 5.69 Å². The van der Waals surface area contributed by atoms with Crippen LogP contribution in [0.15, 0.2) is 47.6 Å². The van der Waals surface area contributed by atoms with E-state index >= 15 is 0 Å². The molecule has 2 aromatic carbocycles. The molecule has 0 unspecified atom stereocenters. The molecule has 3 aromatic rings. The summed E-state index contributed by atoms with van der Waals surface area (Å²) in [5, 5.41) is 10.3. The van der Waals surface area contributed by atoms with Gasteiger partial charge in [0.05, 0.1) is 10.9 Å². The Morgan fingerprint density at radius 1 is 1.22 bits per heavy atom. The van der Waals surface area contributed by atoms with Gasteiger partial charge in [-0.25, -0.2) is 13.5 Å². The molecule has 140 valence electrons. The van der Waals surface area contributed by atoms with E-state index in [0.717, 1.165) is 29.0 Å². The molecule has 9 heteroatoms. The summed E-state index contributed by atoms with van der Waals surface area (Å²) >= 11 is 1.08. The van der Waals surface area contributed by atoms with E-state index in [1.165, 1.54) is 10.7 Å². The Hall–Kier alpha value is -2.94. The fourth-order valence-electron chi connectivity index (χ4n) is 2.40. The Balaban J connectivity index is 1.73. The Morgan fingerprint density at radius 2 is 1.96 bits per heavy atom. The molecule has 1 atom stereocenters. The minimum Gasteiger partial charge on any atom is -0.335 e. The van der Waals surface area contributed by atoms with Crippen molar-refractivity contribution in [2.24, 2.45) is 0 Å². The predicted molar refractivity (Wildman–Crippen MR) is 101 cm³/mol. The number of halogens is 2. The highest BCUT2D eigenvalue weighted by Gasteiger charge is 2.21. The van der Waals surface area contributed by atoms with E-state index in [4.69, 9.17) is 5.84 Å². The van der Waals surface area contributed by atoms with Gasteiger partial charge in [0.1, 0.15) is 11.6 Å². The van der Waals surface area contributed by atoms with Crippen LogP contribution < -0.4 is 11.2 Å². The lowest BCUT2D eigenvalue weighted by Crippen LogP contribution is -2.24. The van der Waals surface area contributed by atoms with Crippen molar-refractivity contribution in [2.75, 3.05) is 11.2 Å². The normalized spacial score (nSPS) is 12.0. The van der Waals surface area contributed by atoms with Gasteiger partial charge in [0.25, 0.3) is 0 Å². The van der Waals surface area contributed by atoms with Crippen molar-refractivity contribution in [3.8, 4) is 11.4 Å². The summed E-state index contributed by atoms with van der Waals surface area (Å²) in [7, 11) is 0. The van der Waals surface area contributed by atoms with Gasteiger partial charge in [-0.15, -0.1) is 10.2 Å². The zero-order valence-electron chi connectivity index (χ0n) is 14.6. The number of nitrogens with zero attached hydrogens (tertiary/aromatic N) is 3. The number of carbonyl (C=O) groups is 1. The lowest BCUT2D eigenvalue weighted by molar-refractivity contribution is -0.115. The Morgan fingerprint density at radius 3 is 2.67 bits per heavy atom. The first-order chi connectivity index (χ1) is 12.9. The molecule has 3 rings (SSSR count). The van der Waals surface area contributed by atoms with Crippen molar-refractivity contribution in [1.29, 1.82) is 0 Å². The molecule has 0 bridgehead atoms. The number of amides is 1. The predicted octanol–water partition coefficient (Wildman–Crippen LogP) is 3.36. The average molecular weight is 389 g/mol. The number of aromatic nitrogens is 3.